The fourth-order valence-corrected chi connectivity index (χ4v) is 2.53. The van der Waals surface area contributed by atoms with Gasteiger partial charge in [-0.05, 0) is 30.3 Å². The summed E-state index contributed by atoms with van der Waals surface area (Å²) in [6.45, 7) is 3.43. The highest BCUT2D eigenvalue weighted by Gasteiger charge is 2.16. The molecule has 2 amide bonds. The number of piperazine rings is 1. The van der Waals surface area contributed by atoms with Crippen molar-refractivity contribution in [2.24, 2.45) is 0 Å². The number of benzene rings is 2. The van der Waals surface area contributed by atoms with Crippen molar-refractivity contribution in [1.29, 1.82) is 0 Å². The minimum absolute atomic E-state index is 0.0758. The van der Waals surface area contributed by atoms with Crippen molar-refractivity contribution < 1.29 is 13.9 Å². The summed E-state index contributed by atoms with van der Waals surface area (Å²) in [7, 11) is 0. The van der Waals surface area contributed by atoms with Gasteiger partial charge in [-0.3, -0.25) is 0 Å². The van der Waals surface area contributed by atoms with Gasteiger partial charge in [-0.2, -0.15) is 0 Å². The number of nitrogens with one attached hydrogen (secondary N) is 2. The lowest BCUT2D eigenvalue weighted by atomic mass is 10.2. The van der Waals surface area contributed by atoms with Crippen molar-refractivity contribution in [2.45, 2.75) is 6.54 Å². The van der Waals surface area contributed by atoms with Crippen LogP contribution in [-0.4, -0.2) is 37.1 Å². The number of amides is 2. The topological polar surface area (TPSA) is 53.6 Å². The summed E-state index contributed by atoms with van der Waals surface area (Å²) in [5.41, 5.74) is 0.866. The average molecular weight is 329 g/mol. The van der Waals surface area contributed by atoms with Crippen LogP contribution in [0.15, 0.2) is 48.5 Å². The molecule has 0 saturated carbocycles. The third-order valence-corrected chi connectivity index (χ3v) is 3.85. The summed E-state index contributed by atoms with van der Waals surface area (Å²) in [5.74, 6) is 0.890. The van der Waals surface area contributed by atoms with Crippen LogP contribution < -0.4 is 15.4 Å². The van der Waals surface area contributed by atoms with E-state index in [-0.39, 0.29) is 11.8 Å². The molecule has 126 valence electrons. The van der Waals surface area contributed by atoms with Crippen LogP contribution in [0.25, 0.3) is 0 Å². The maximum absolute atomic E-state index is 13.0. The van der Waals surface area contributed by atoms with Gasteiger partial charge in [0.05, 0.1) is 0 Å². The van der Waals surface area contributed by atoms with E-state index in [4.69, 9.17) is 4.74 Å². The number of para-hydroxylation sites is 1. The average Bonchev–Trinajstić information content (AvgIpc) is 2.63. The first-order chi connectivity index (χ1) is 11.7. The summed E-state index contributed by atoms with van der Waals surface area (Å²) in [6, 6.07) is 13.3. The third kappa shape index (κ3) is 4.23. The molecule has 24 heavy (non-hydrogen) atoms. The molecule has 1 saturated heterocycles. The second-order valence-electron chi connectivity index (χ2n) is 5.56. The standard InChI is InChI=1S/C18H20FN3O2/c19-15-5-7-16(8-6-15)24-17-4-2-1-3-14(17)13-21-18(23)22-11-9-20-10-12-22/h1-8,20H,9-13H2,(H,21,23). The molecule has 5 nitrogen and oxygen atoms in total. The lowest BCUT2D eigenvalue weighted by Gasteiger charge is -2.27. The summed E-state index contributed by atoms with van der Waals surface area (Å²) in [4.78, 5) is 14.0. The van der Waals surface area contributed by atoms with Crippen molar-refractivity contribution in [3.05, 3.63) is 59.9 Å². The fourth-order valence-electron chi connectivity index (χ4n) is 2.53. The lowest BCUT2D eigenvalue weighted by molar-refractivity contribution is 0.189. The van der Waals surface area contributed by atoms with Crippen molar-refractivity contribution in [2.75, 3.05) is 26.2 Å². The van der Waals surface area contributed by atoms with E-state index in [1.165, 1.54) is 12.1 Å². The minimum atomic E-state index is -0.307. The Labute approximate surface area is 140 Å². The molecule has 6 heteroatoms. The normalized spacial score (nSPS) is 14.3. The summed E-state index contributed by atoms with van der Waals surface area (Å²) < 4.78 is 18.8. The lowest BCUT2D eigenvalue weighted by Crippen LogP contribution is -2.50. The predicted molar refractivity (Wildman–Crippen MR) is 89.6 cm³/mol. The molecular weight excluding hydrogens is 309 g/mol. The van der Waals surface area contributed by atoms with Gasteiger partial charge in [-0.15, -0.1) is 0 Å². The van der Waals surface area contributed by atoms with E-state index in [1.807, 2.05) is 24.3 Å². The van der Waals surface area contributed by atoms with E-state index in [2.05, 4.69) is 10.6 Å². The van der Waals surface area contributed by atoms with Crippen LogP contribution in [0.1, 0.15) is 5.56 Å². The van der Waals surface area contributed by atoms with Crippen LogP contribution in [0.2, 0.25) is 0 Å². The molecule has 1 heterocycles. The van der Waals surface area contributed by atoms with Crippen LogP contribution in [0.5, 0.6) is 11.5 Å². The van der Waals surface area contributed by atoms with Gasteiger partial charge in [0, 0.05) is 38.3 Å². The van der Waals surface area contributed by atoms with E-state index in [1.54, 1.807) is 17.0 Å². The molecule has 2 N–H and O–H groups in total. The zero-order chi connectivity index (χ0) is 16.8. The monoisotopic (exact) mass is 329 g/mol. The molecule has 0 unspecified atom stereocenters. The zero-order valence-corrected chi connectivity index (χ0v) is 13.3. The molecule has 0 aliphatic carbocycles. The van der Waals surface area contributed by atoms with Crippen molar-refractivity contribution >= 4 is 6.03 Å². The fraction of sp³-hybridized carbons (Fsp3) is 0.278. The first-order valence-corrected chi connectivity index (χ1v) is 7.97. The van der Waals surface area contributed by atoms with Gasteiger partial charge >= 0.3 is 6.03 Å². The Hall–Kier alpha value is -2.60. The van der Waals surface area contributed by atoms with E-state index in [9.17, 15) is 9.18 Å². The molecule has 2 aromatic rings. The molecule has 0 spiro atoms. The van der Waals surface area contributed by atoms with Gasteiger partial charge in [0.1, 0.15) is 17.3 Å². The van der Waals surface area contributed by atoms with E-state index < -0.39 is 0 Å². The number of hydrogen-bond acceptors (Lipinski definition) is 3. The summed E-state index contributed by atoms with van der Waals surface area (Å²) in [6.07, 6.45) is 0. The van der Waals surface area contributed by atoms with E-state index in [0.717, 1.165) is 18.7 Å². The summed E-state index contributed by atoms with van der Waals surface area (Å²) >= 11 is 0. The Kier molecular flexibility index (Phi) is 5.28. The number of ether oxygens (including phenoxy) is 1. The number of urea groups is 1. The Balaban J connectivity index is 1.63. The molecule has 1 aliphatic heterocycles. The predicted octanol–water partition coefficient (Wildman–Crippen LogP) is 2.73. The second kappa shape index (κ2) is 7.79. The smallest absolute Gasteiger partial charge is 0.317 e. The van der Waals surface area contributed by atoms with Gasteiger partial charge in [-0.1, -0.05) is 18.2 Å². The highest BCUT2D eigenvalue weighted by molar-refractivity contribution is 5.74. The molecular formula is C18H20FN3O2. The maximum atomic E-state index is 13.0. The highest BCUT2D eigenvalue weighted by atomic mass is 19.1. The third-order valence-electron chi connectivity index (χ3n) is 3.85. The van der Waals surface area contributed by atoms with Crippen molar-refractivity contribution in [3.63, 3.8) is 0 Å². The molecule has 1 aliphatic rings. The van der Waals surface area contributed by atoms with Crippen LogP contribution in [0, 0.1) is 5.82 Å². The number of rotatable bonds is 4. The Morgan fingerprint density at radius 3 is 2.58 bits per heavy atom. The molecule has 0 atom stereocenters. The number of carbonyl (C=O) groups is 1. The molecule has 1 fully saturated rings. The Bertz CT molecular complexity index is 685. The van der Waals surface area contributed by atoms with Crippen LogP contribution in [0.3, 0.4) is 0 Å². The molecule has 2 aromatic carbocycles. The van der Waals surface area contributed by atoms with Crippen LogP contribution in [-0.2, 0) is 6.54 Å². The Morgan fingerprint density at radius 1 is 1.12 bits per heavy atom. The Morgan fingerprint density at radius 2 is 1.83 bits per heavy atom. The van der Waals surface area contributed by atoms with Crippen LogP contribution >= 0.6 is 0 Å². The van der Waals surface area contributed by atoms with Gasteiger partial charge in [0.2, 0.25) is 0 Å². The maximum Gasteiger partial charge on any atom is 0.317 e. The SMILES string of the molecule is O=C(NCc1ccccc1Oc1ccc(F)cc1)N1CCNCC1. The van der Waals surface area contributed by atoms with Crippen molar-refractivity contribution in [1.82, 2.24) is 15.5 Å². The quantitative estimate of drug-likeness (QED) is 0.907. The number of carbonyl (C=O) groups excluding carboxylic acids is 1. The zero-order valence-electron chi connectivity index (χ0n) is 13.3. The van der Waals surface area contributed by atoms with Gasteiger partial charge in [-0.25, -0.2) is 9.18 Å². The first kappa shape index (κ1) is 16.3. The molecule has 0 radical (unpaired) electrons. The molecule has 3 rings (SSSR count). The summed E-state index contributed by atoms with van der Waals surface area (Å²) in [5, 5.41) is 6.14. The highest BCUT2D eigenvalue weighted by Crippen LogP contribution is 2.25. The number of nitrogens with zero attached hydrogens (tertiary/aromatic N) is 1. The largest absolute Gasteiger partial charge is 0.457 e. The van der Waals surface area contributed by atoms with Gasteiger partial charge in [0.15, 0.2) is 0 Å². The van der Waals surface area contributed by atoms with E-state index in [0.29, 0.717) is 31.1 Å². The number of hydrogen-bond donors (Lipinski definition) is 2. The van der Waals surface area contributed by atoms with Crippen LogP contribution in [0.4, 0.5) is 9.18 Å². The van der Waals surface area contributed by atoms with Crippen molar-refractivity contribution in [3.8, 4) is 11.5 Å². The van der Waals surface area contributed by atoms with Gasteiger partial charge < -0.3 is 20.3 Å². The minimum Gasteiger partial charge on any atom is -0.457 e. The second-order valence-corrected chi connectivity index (χ2v) is 5.56. The number of halogens is 1. The van der Waals surface area contributed by atoms with E-state index >= 15 is 0 Å². The van der Waals surface area contributed by atoms with Gasteiger partial charge in [0.25, 0.3) is 0 Å². The molecule has 0 bridgehead atoms. The molecule has 0 aromatic heterocycles. The first-order valence-electron chi connectivity index (χ1n) is 7.97.